The summed E-state index contributed by atoms with van der Waals surface area (Å²) in [4.78, 5) is 25.9. The molecule has 0 unspecified atom stereocenters. The van der Waals surface area contributed by atoms with Gasteiger partial charge in [-0.2, -0.15) is 0 Å². The normalized spacial score (nSPS) is 11.7. The first kappa shape index (κ1) is 17.5. The molecule has 0 atom stereocenters. The lowest BCUT2D eigenvalue weighted by Crippen LogP contribution is -2.26. The van der Waals surface area contributed by atoms with Gasteiger partial charge in [0.2, 0.25) is 0 Å². The maximum atomic E-state index is 12.8. The minimum Gasteiger partial charge on any atom is -0.403 e. The molecule has 5 N–H and O–H groups in total. The number of rotatable bonds is 5. The van der Waals surface area contributed by atoms with Crippen LogP contribution >= 0.6 is 0 Å². The van der Waals surface area contributed by atoms with E-state index in [1.165, 1.54) is 22.1 Å². The van der Waals surface area contributed by atoms with Crippen LogP contribution in [0.25, 0.3) is 27.9 Å². The molecule has 26 heavy (non-hydrogen) atoms. The van der Waals surface area contributed by atoms with Gasteiger partial charge < -0.3 is 15.8 Å². The fourth-order valence-corrected chi connectivity index (χ4v) is 2.65. The van der Waals surface area contributed by atoms with Crippen LogP contribution < -0.4 is 17.1 Å². The van der Waals surface area contributed by atoms with Crippen molar-refractivity contribution in [2.24, 2.45) is 11.6 Å². The zero-order valence-corrected chi connectivity index (χ0v) is 14.2. The summed E-state index contributed by atoms with van der Waals surface area (Å²) in [6.07, 6.45) is 6.02. The Labute approximate surface area is 149 Å². The number of aromatic nitrogens is 4. The fraction of sp³-hybridized carbons (Fsp3) is 0.176. The number of hydrogen-bond acceptors (Lipinski definition) is 8. The Balaban J connectivity index is 2.37. The molecule has 0 aromatic carbocycles. The molecule has 0 aliphatic rings. The van der Waals surface area contributed by atoms with Gasteiger partial charge in [-0.05, 0) is 18.2 Å². The quantitative estimate of drug-likeness (QED) is 0.427. The topological polar surface area (TPSA) is 136 Å². The molecular weight excluding hydrogens is 334 g/mol. The average Bonchev–Trinajstić information content (AvgIpc) is 2.65. The Bertz CT molecular complexity index is 1010. The van der Waals surface area contributed by atoms with Crippen LogP contribution in [-0.4, -0.2) is 43.3 Å². The SMILES string of the molecule is CN(N)/C(=C\N)c1cc2c(=O)n(CCO)cnc2c(-c2cccnc2)n1. The van der Waals surface area contributed by atoms with Crippen LogP contribution in [0.3, 0.4) is 0 Å². The van der Waals surface area contributed by atoms with E-state index in [0.717, 1.165) is 0 Å². The van der Waals surface area contributed by atoms with Crippen LogP contribution in [-0.2, 0) is 6.54 Å². The first-order valence-corrected chi connectivity index (χ1v) is 7.89. The molecule has 9 heteroatoms. The third-order valence-electron chi connectivity index (χ3n) is 3.89. The number of hydrazine groups is 1. The van der Waals surface area contributed by atoms with Crippen molar-refractivity contribution in [3.63, 3.8) is 0 Å². The zero-order chi connectivity index (χ0) is 18.7. The van der Waals surface area contributed by atoms with Crippen LogP contribution in [0, 0.1) is 0 Å². The number of nitrogens with zero attached hydrogens (tertiary/aromatic N) is 5. The van der Waals surface area contributed by atoms with Crippen LogP contribution in [0.2, 0.25) is 0 Å². The average molecular weight is 353 g/mol. The summed E-state index contributed by atoms with van der Waals surface area (Å²) in [5, 5.41) is 10.8. The first-order valence-electron chi connectivity index (χ1n) is 7.89. The van der Waals surface area contributed by atoms with Crippen molar-refractivity contribution in [3.8, 4) is 11.3 Å². The fourth-order valence-electron chi connectivity index (χ4n) is 2.65. The van der Waals surface area contributed by atoms with Crippen molar-refractivity contribution in [1.29, 1.82) is 0 Å². The molecule has 0 bridgehead atoms. The Morgan fingerprint density at radius 1 is 1.46 bits per heavy atom. The van der Waals surface area contributed by atoms with Gasteiger partial charge in [-0.15, -0.1) is 0 Å². The van der Waals surface area contributed by atoms with Crippen LogP contribution in [0.4, 0.5) is 0 Å². The summed E-state index contributed by atoms with van der Waals surface area (Å²) < 4.78 is 1.34. The van der Waals surface area contributed by atoms with E-state index < -0.39 is 0 Å². The van der Waals surface area contributed by atoms with Crippen molar-refractivity contribution < 1.29 is 5.11 Å². The van der Waals surface area contributed by atoms with Gasteiger partial charge in [0.1, 0.15) is 5.52 Å². The second-order valence-corrected chi connectivity index (χ2v) is 5.62. The predicted molar refractivity (Wildman–Crippen MR) is 98.2 cm³/mol. The second-order valence-electron chi connectivity index (χ2n) is 5.62. The van der Waals surface area contributed by atoms with Crippen molar-refractivity contribution in [2.75, 3.05) is 13.7 Å². The molecule has 0 fully saturated rings. The van der Waals surface area contributed by atoms with E-state index in [9.17, 15) is 4.79 Å². The highest BCUT2D eigenvalue weighted by Crippen LogP contribution is 2.26. The van der Waals surface area contributed by atoms with Gasteiger partial charge in [-0.3, -0.25) is 14.3 Å². The standard InChI is InChI=1S/C17H19N7O2/c1-23(19)14(8-18)13-7-12-16(21-10-24(5-6-25)17(12)26)15(22-13)11-3-2-4-20-9-11/h2-4,7-10,25H,5-6,18-19H2,1H3/b14-8-. The van der Waals surface area contributed by atoms with Gasteiger partial charge >= 0.3 is 0 Å². The molecule has 3 heterocycles. The summed E-state index contributed by atoms with van der Waals surface area (Å²) in [6, 6.07) is 5.20. The molecule has 0 saturated heterocycles. The van der Waals surface area contributed by atoms with Gasteiger partial charge in [-0.1, -0.05) is 0 Å². The van der Waals surface area contributed by atoms with Crippen LogP contribution in [0.5, 0.6) is 0 Å². The summed E-state index contributed by atoms with van der Waals surface area (Å²) in [6.45, 7) is -0.0159. The molecule has 0 spiro atoms. The maximum absolute atomic E-state index is 12.8. The van der Waals surface area contributed by atoms with Gasteiger partial charge in [0.15, 0.2) is 0 Å². The molecule has 0 amide bonds. The van der Waals surface area contributed by atoms with Gasteiger partial charge in [0.25, 0.3) is 5.56 Å². The Morgan fingerprint density at radius 2 is 2.27 bits per heavy atom. The predicted octanol–water partition coefficient (Wildman–Crippen LogP) is -0.0916. The van der Waals surface area contributed by atoms with E-state index in [2.05, 4.69) is 15.0 Å². The Kier molecular flexibility index (Phi) is 4.92. The third-order valence-corrected chi connectivity index (χ3v) is 3.89. The summed E-state index contributed by atoms with van der Waals surface area (Å²) in [5.41, 5.74) is 7.94. The minimum absolute atomic E-state index is 0.151. The Morgan fingerprint density at radius 3 is 2.88 bits per heavy atom. The van der Waals surface area contributed by atoms with Crippen LogP contribution in [0.15, 0.2) is 47.9 Å². The number of nitrogens with two attached hydrogens (primary N) is 2. The Hall–Kier alpha value is -3.30. The lowest BCUT2D eigenvalue weighted by atomic mass is 10.1. The number of hydrogen-bond donors (Lipinski definition) is 3. The second kappa shape index (κ2) is 7.30. The molecule has 134 valence electrons. The number of pyridine rings is 2. The van der Waals surface area contributed by atoms with E-state index in [-0.39, 0.29) is 18.7 Å². The molecule has 3 rings (SSSR count). The first-order chi connectivity index (χ1) is 12.6. The van der Waals surface area contributed by atoms with E-state index in [1.807, 2.05) is 6.07 Å². The number of aliphatic hydroxyl groups excluding tert-OH is 1. The minimum atomic E-state index is -0.283. The van der Waals surface area contributed by atoms with Crippen molar-refractivity contribution in [1.82, 2.24) is 24.5 Å². The molecule has 0 aliphatic heterocycles. The highest BCUT2D eigenvalue weighted by molar-refractivity contribution is 5.92. The highest BCUT2D eigenvalue weighted by atomic mass is 16.3. The van der Waals surface area contributed by atoms with Crippen LogP contribution in [0.1, 0.15) is 5.69 Å². The lowest BCUT2D eigenvalue weighted by molar-refractivity contribution is 0.274. The molecular formula is C17H19N7O2. The molecule has 0 radical (unpaired) electrons. The summed E-state index contributed by atoms with van der Waals surface area (Å²) >= 11 is 0. The molecule has 3 aromatic rings. The number of aliphatic hydroxyl groups is 1. The third kappa shape index (κ3) is 3.13. The lowest BCUT2D eigenvalue weighted by Gasteiger charge is -2.17. The van der Waals surface area contributed by atoms with Gasteiger partial charge in [0.05, 0.1) is 42.0 Å². The van der Waals surface area contributed by atoms with E-state index >= 15 is 0 Å². The van der Waals surface area contributed by atoms with Crippen molar-refractivity contribution in [2.45, 2.75) is 6.54 Å². The highest BCUT2D eigenvalue weighted by Gasteiger charge is 2.16. The van der Waals surface area contributed by atoms with Gasteiger partial charge in [0, 0.05) is 31.2 Å². The number of fused-ring (bicyclic) bond motifs is 1. The molecule has 9 nitrogen and oxygen atoms in total. The van der Waals surface area contributed by atoms with E-state index in [4.69, 9.17) is 16.7 Å². The largest absolute Gasteiger partial charge is 0.403 e. The zero-order valence-electron chi connectivity index (χ0n) is 14.2. The summed E-state index contributed by atoms with van der Waals surface area (Å²) in [7, 11) is 1.63. The summed E-state index contributed by atoms with van der Waals surface area (Å²) in [5.74, 6) is 5.83. The van der Waals surface area contributed by atoms with Crippen molar-refractivity contribution >= 4 is 16.6 Å². The molecule has 3 aromatic heterocycles. The molecule has 0 saturated carbocycles. The van der Waals surface area contributed by atoms with Gasteiger partial charge in [-0.25, -0.2) is 15.8 Å². The molecule has 0 aliphatic carbocycles. The monoisotopic (exact) mass is 353 g/mol. The van der Waals surface area contributed by atoms with E-state index in [1.54, 1.807) is 31.6 Å². The smallest absolute Gasteiger partial charge is 0.261 e. The maximum Gasteiger partial charge on any atom is 0.261 e. The van der Waals surface area contributed by atoms with Crippen molar-refractivity contribution in [3.05, 3.63) is 59.2 Å². The van der Waals surface area contributed by atoms with E-state index in [0.29, 0.717) is 33.6 Å².